The summed E-state index contributed by atoms with van der Waals surface area (Å²) < 4.78 is 40.1. The van der Waals surface area contributed by atoms with Gasteiger partial charge in [0.05, 0.1) is 25.7 Å². The van der Waals surface area contributed by atoms with Crippen LogP contribution in [0, 0.1) is 0 Å². The molecule has 1 amide bonds. The molecule has 1 fully saturated rings. The average Bonchev–Trinajstić information content (AvgIpc) is 3.04. The highest BCUT2D eigenvalue weighted by atomic mass is 32.2. The molecule has 0 N–H and O–H groups in total. The summed E-state index contributed by atoms with van der Waals surface area (Å²) in [6.45, 7) is 0.354. The second-order valence-electron chi connectivity index (χ2n) is 5.79. The van der Waals surface area contributed by atoms with E-state index >= 15 is 0 Å². The number of carbonyl (C=O) groups is 1. The van der Waals surface area contributed by atoms with E-state index in [1.165, 1.54) is 25.4 Å². The normalized spacial score (nSPS) is 14.9. The summed E-state index contributed by atoms with van der Waals surface area (Å²) in [5.74, 6) is 1.01. The van der Waals surface area contributed by atoms with Crippen LogP contribution in [0.5, 0.6) is 11.5 Å². The Morgan fingerprint density at radius 1 is 1.20 bits per heavy atom. The van der Waals surface area contributed by atoms with Gasteiger partial charge in [0.15, 0.2) is 21.3 Å². The zero-order valence-corrected chi connectivity index (χ0v) is 14.8. The molecule has 1 aliphatic rings. The lowest BCUT2D eigenvalue weighted by molar-refractivity contribution is 0.0658. The highest BCUT2D eigenvalue weighted by molar-refractivity contribution is 7.91. The van der Waals surface area contributed by atoms with E-state index in [-0.39, 0.29) is 24.7 Å². The van der Waals surface area contributed by atoms with Gasteiger partial charge in [-0.15, -0.1) is 0 Å². The number of amides is 1. The third-order valence-electron chi connectivity index (χ3n) is 4.20. The monoisotopic (exact) mass is 365 g/mol. The number of methoxy groups -OCH3 is 2. The Bertz CT molecular complexity index is 853. The van der Waals surface area contributed by atoms with Gasteiger partial charge in [0, 0.05) is 18.7 Å². The van der Waals surface area contributed by atoms with E-state index in [0.717, 1.165) is 0 Å². The zero-order valence-electron chi connectivity index (χ0n) is 14.0. The lowest BCUT2D eigenvalue weighted by Crippen LogP contribution is -2.57. The second kappa shape index (κ2) is 6.79. The van der Waals surface area contributed by atoms with Crippen molar-refractivity contribution < 1.29 is 27.1 Å². The minimum absolute atomic E-state index is 0.150. The number of hydrogen-bond acceptors (Lipinski definition) is 6. The van der Waals surface area contributed by atoms with Crippen molar-refractivity contribution in [2.24, 2.45) is 0 Å². The van der Waals surface area contributed by atoms with E-state index in [2.05, 4.69) is 0 Å². The van der Waals surface area contributed by atoms with Crippen LogP contribution < -0.4 is 9.47 Å². The molecule has 0 bridgehead atoms. The summed E-state index contributed by atoms with van der Waals surface area (Å²) in [6.07, 6.45) is 1.44. The third-order valence-corrected chi connectivity index (χ3v) is 6.20. The van der Waals surface area contributed by atoms with Gasteiger partial charge in [-0.05, 0) is 30.3 Å². The van der Waals surface area contributed by atoms with E-state index in [0.29, 0.717) is 22.8 Å². The number of hydrogen-bond donors (Lipinski definition) is 0. The maximum atomic E-state index is 12.5. The summed E-state index contributed by atoms with van der Waals surface area (Å²) >= 11 is 0. The summed E-state index contributed by atoms with van der Waals surface area (Å²) in [6, 6.07) is 8.15. The number of carbonyl (C=O) groups excluding carboxylic acids is 1. The molecule has 1 saturated heterocycles. The van der Waals surface area contributed by atoms with Gasteiger partial charge in [0.2, 0.25) is 0 Å². The molecule has 134 valence electrons. The van der Waals surface area contributed by atoms with E-state index in [4.69, 9.17) is 13.9 Å². The first-order valence-electron chi connectivity index (χ1n) is 7.70. The molecule has 1 aliphatic heterocycles. The number of ether oxygens (including phenoxy) is 2. The van der Waals surface area contributed by atoms with Gasteiger partial charge in [-0.1, -0.05) is 0 Å². The van der Waals surface area contributed by atoms with Crippen LogP contribution in [0.4, 0.5) is 0 Å². The van der Waals surface area contributed by atoms with Crippen LogP contribution in [0.1, 0.15) is 16.1 Å². The number of benzene rings is 1. The smallest absolute Gasteiger partial charge is 0.254 e. The third kappa shape index (κ3) is 3.48. The number of rotatable bonds is 6. The van der Waals surface area contributed by atoms with Gasteiger partial charge in [-0.2, -0.15) is 0 Å². The Hall–Kier alpha value is -2.48. The molecule has 2 heterocycles. The van der Waals surface area contributed by atoms with Crippen LogP contribution >= 0.6 is 0 Å². The summed E-state index contributed by atoms with van der Waals surface area (Å²) in [7, 11) is -0.341. The fourth-order valence-corrected chi connectivity index (χ4v) is 4.30. The molecule has 2 aromatic rings. The second-order valence-corrected chi connectivity index (χ2v) is 8.07. The van der Waals surface area contributed by atoms with Crippen LogP contribution in [-0.4, -0.2) is 51.8 Å². The van der Waals surface area contributed by atoms with Gasteiger partial charge in [-0.25, -0.2) is 8.42 Å². The number of nitrogens with zero attached hydrogens (tertiary/aromatic N) is 1. The largest absolute Gasteiger partial charge is 0.493 e. The maximum absolute atomic E-state index is 12.5. The van der Waals surface area contributed by atoms with Crippen molar-refractivity contribution in [3.63, 3.8) is 0 Å². The molecular weight excluding hydrogens is 346 g/mol. The minimum Gasteiger partial charge on any atom is -0.493 e. The topological polar surface area (TPSA) is 86.0 Å². The van der Waals surface area contributed by atoms with Crippen LogP contribution in [0.15, 0.2) is 41.0 Å². The van der Waals surface area contributed by atoms with Crippen molar-refractivity contribution in [2.45, 2.75) is 11.0 Å². The Morgan fingerprint density at radius 2 is 1.92 bits per heavy atom. The summed E-state index contributed by atoms with van der Waals surface area (Å²) in [5, 5.41) is -0.568. The van der Waals surface area contributed by atoms with E-state index < -0.39 is 15.1 Å². The van der Waals surface area contributed by atoms with Crippen molar-refractivity contribution in [1.29, 1.82) is 0 Å². The van der Waals surface area contributed by atoms with E-state index in [9.17, 15) is 13.2 Å². The quantitative estimate of drug-likeness (QED) is 0.775. The Balaban J connectivity index is 1.65. The summed E-state index contributed by atoms with van der Waals surface area (Å²) in [4.78, 5) is 14.0. The Morgan fingerprint density at radius 3 is 2.52 bits per heavy atom. The van der Waals surface area contributed by atoms with Crippen LogP contribution in [0.3, 0.4) is 0 Å². The number of likely N-dealkylation sites (tertiary alicyclic amines) is 1. The SMILES string of the molecule is COc1ccc(C(=O)N2CC(S(=O)(=O)Cc3ccco3)C2)cc1OC. The van der Waals surface area contributed by atoms with E-state index in [1.807, 2.05) is 0 Å². The van der Waals surface area contributed by atoms with Gasteiger partial charge < -0.3 is 18.8 Å². The van der Waals surface area contributed by atoms with E-state index in [1.54, 1.807) is 30.3 Å². The fraction of sp³-hybridized carbons (Fsp3) is 0.353. The molecule has 8 heteroatoms. The van der Waals surface area contributed by atoms with Crippen molar-refractivity contribution in [1.82, 2.24) is 4.90 Å². The molecule has 3 rings (SSSR count). The lowest BCUT2D eigenvalue weighted by Gasteiger charge is -2.38. The Kier molecular flexibility index (Phi) is 4.71. The van der Waals surface area contributed by atoms with Gasteiger partial charge in [0.1, 0.15) is 11.5 Å². The molecule has 0 unspecified atom stereocenters. The van der Waals surface area contributed by atoms with Crippen molar-refractivity contribution >= 4 is 15.7 Å². The molecule has 1 aromatic heterocycles. The first-order chi connectivity index (χ1) is 11.9. The summed E-state index contributed by atoms with van der Waals surface area (Å²) in [5.41, 5.74) is 0.430. The van der Waals surface area contributed by atoms with Crippen molar-refractivity contribution in [3.05, 3.63) is 47.9 Å². The number of sulfone groups is 1. The van der Waals surface area contributed by atoms with Gasteiger partial charge >= 0.3 is 0 Å². The molecule has 0 spiro atoms. The zero-order chi connectivity index (χ0) is 18.0. The molecule has 0 radical (unpaired) electrons. The molecular formula is C17H19NO6S. The highest BCUT2D eigenvalue weighted by Gasteiger charge is 2.40. The standard InChI is InChI=1S/C17H19NO6S/c1-22-15-6-5-12(8-16(15)23-2)17(19)18-9-14(10-18)25(20,21)11-13-4-3-7-24-13/h3-8,14H,9-11H2,1-2H3. The molecule has 0 aliphatic carbocycles. The molecule has 0 saturated carbocycles. The van der Waals surface area contributed by atoms with Crippen LogP contribution in [-0.2, 0) is 15.6 Å². The maximum Gasteiger partial charge on any atom is 0.254 e. The van der Waals surface area contributed by atoms with Gasteiger partial charge in [-0.3, -0.25) is 4.79 Å². The van der Waals surface area contributed by atoms with Crippen molar-refractivity contribution in [2.75, 3.05) is 27.3 Å². The molecule has 0 atom stereocenters. The predicted octanol–water partition coefficient (Wildman–Crippen LogP) is 1.74. The predicted molar refractivity (Wildman–Crippen MR) is 90.6 cm³/mol. The highest BCUT2D eigenvalue weighted by Crippen LogP contribution is 2.29. The minimum atomic E-state index is -3.35. The molecule has 7 nitrogen and oxygen atoms in total. The first kappa shape index (κ1) is 17.3. The van der Waals surface area contributed by atoms with Crippen LogP contribution in [0.25, 0.3) is 0 Å². The first-order valence-corrected chi connectivity index (χ1v) is 9.41. The van der Waals surface area contributed by atoms with Crippen LogP contribution in [0.2, 0.25) is 0 Å². The Labute approximate surface area is 146 Å². The molecule has 25 heavy (non-hydrogen) atoms. The lowest BCUT2D eigenvalue weighted by atomic mass is 10.1. The molecule has 1 aromatic carbocycles. The van der Waals surface area contributed by atoms with Gasteiger partial charge in [0.25, 0.3) is 5.91 Å². The average molecular weight is 365 g/mol. The fourth-order valence-electron chi connectivity index (χ4n) is 2.69. The number of furan rings is 1. The van der Waals surface area contributed by atoms with Crippen molar-refractivity contribution in [3.8, 4) is 11.5 Å².